The number of aliphatic hydroxyl groups is 1. The molecule has 1 fully saturated rings. The lowest BCUT2D eigenvalue weighted by atomic mass is 10.2. The summed E-state index contributed by atoms with van der Waals surface area (Å²) in [5.74, 6) is 3.26. The van der Waals surface area contributed by atoms with E-state index >= 15 is 0 Å². The van der Waals surface area contributed by atoms with Crippen molar-refractivity contribution in [2.45, 2.75) is 12.0 Å². The Kier molecular flexibility index (Phi) is 6.26. The number of aromatic nitrogens is 4. The van der Waals surface area contributed by atoms with Gasteiger partial charge in [0.25, 0.3) is 0 Å². The molecule has 1 atom stereocenters. The van der Waals surface area contributed by atoms with Crippen LogP contribution < -0.4 is 19.7 Å². The summed E-state index contributed by atoms with van der Waals surface area (Å²) in [6.45, 7) is 1.68. The van der Waals surface area contributed by atoms with Gasteiger partial charge in [-0.2, -0.15) is 4.98 Å². The van der Waals surface area contributed by atoms with Crippen LogP contribution in [0.5, 0.6) is 11.5 Å². The number of nitrogens with one attached hydrogen (secondary N) is 1. The molecule has 4 rings (SSSR count). The first-order valence-corrected chi connectivity index (χ1v) is 10.7. The molecule has 0 saturated carbocycles. The summed E-state index contributed by atoms with van der Waals surface area (Å²) in [5, 5.41) is 13.4. The molecule has 1 aliphatic heterocycles. The third-order valence-corrected chi connectivity index (χ3v) is 5.81. The minimum Gasteiger partial charge on any atom is -0.493 e. The third-order valence-electron chi connectivity index (χ3n) is 4.69. The lowest BCUT2D eigenvalue weighted by molar-refractivity contribution is 0.264. The molecule has 0 amide bonds. The summed E-state index contributed by atoms with van der Waals surface area (Å²) in [4.78, 5) is 19.4. The van der Waals surface area contributed by atoms with Crippen molar-refractivity contribution >= 4 is 46.0 Å². The van der Waals surface area contributed by atoms with Crippen molar-refractivity contribution in [3.05, 3.63) is 35.4 Å². The molecule has 30 heavy (non-hydrogen) atoms. The van der Waals surface area contributed by atoms with Gasteiger partial charge in [-0.25, -0.2) is 15.0 Å². The quantitative estimate of drug-likeness (QED) is 0.546. The SMILES string of the molecule is COc1ccc(CNc2ncnc3c(N4CCSC(O)C4)nc(Cl)nc23)cc1OC. The second-order valence-corrected chi connectivity index (χ2v) is 8.17. The molecule has 1 unspecified atom stereocenters. The number of β-amino-alcohol motifs (C(OH)–C–C–N with tert-alkyl or cyclic N) is 1. The van der Waals surface area contributed by atoms with Gasteiger partial charge < -0.3 is 24.8 Å². The highest BCUT2D eigenvalue weighted by atomic mass is 35.5. The van der Waals surface area contributed by atoms with Crippen molar-refractivity contribution < 1.29 is 14.6 Å². The fourth-order valence-electron chi connectivity index (χ4n) is 3.26. The molecule has 3 heterocycles. The molecular formula is C19H21ClN6O3S. The molecule has 0 radical (unpaired) electrons. The van der Waals surface area contributed by atoms with Gasteiger partial charge in [0.1, 0.15) is 22.8 Å². The maximum Gasteiger partial charge on any atom is 0.225 e. The zero-order valence-electron chi connectivity index (χ0n) is 16.5. The van der Waals surface area contributed by atoms with Gasteiger partial charge in [0.05, 0.1) is 20.8 Å². The van der Waals surface area contributed by atoms with Crippen LogP contribution in [-0.4, -0.2) is 63.5 Å². The fraction of sp³-hybridized carbons (Fsp3) is 0.368. The van der Waals surface area contributed by atoms with Crippen LogP contribution in [0.3, 0.4) is 0 Å². The number of thioether (sulfide) groups is 1. The predicted octanol–water partition coefficient (Wildman–Crippen LogP) is 2.57. The Morgan fingerprint density at radius 3 is 2.80 bits per heavy atom. The minimum absolute atomic E-state index is 0.106. The molecule has 0 bridgehead atoms. The third kappa shape index (κ3) is 4.30. The highest BCUT2D eigenvalue weighted by molar-refractivity contribution is 7.99. The maximum absolute atomic E-state index is 10.0. The van der Waals surface area contributed by atoms with Crippen molar-refractivity contribution in [2.24, 2.45) is 0 Å². The fourth-order valence-corrected chi connectivity index (χ4v) is 4.30. The van der Waals surface area contributed by atoms with Crippen LogP contribution in [-0.2, 0) is 6.54 Å². The van der Waals surface area contributed by atoms with Crippen LogP contribution in [0.1, 0.15) is 5.56 Å². The summed E-state index contributed by atoms with van der Waals surface area (Å²) in [5.41, 5.74) is 1.62. The van der Waals surface area contributed by atoms with E-state index in [1.54, 1.807) is 14.2 Å². The summed E-state index contributed by atoms with van der Waals surface area (Å²) in [6, 6.07) is 5.69. The molecule has 158 valence electrons. The van der Waals surface area contributed by atoms with Gasteiger partial charge in [0.2, 0.25) is 5.28 Å². The highest BCUT2D eigenvalue weighted by Crippen LogP contribution is 2.31. The number of nitrogens with zero attached hydrogens (tertiary/aromatic N) is 5. The molecule has 11 heteroatoms. The number of hydrogen-bond donors (Lipinski definition) is 2. The Hall–Kier alpha value is -2.56. The van der Waals surface area contributed by atoms with E-state index < -0.39 is 5.44 Å². The van der Waals surface area contributed by atoms with Crippen LogP contribution in [0.2, 0.25) is 5.28 Å². The summed E-state index contributed by atoms with van der Waals surface area (Å²) >= 11 is 7.72. The number of anilines is 2. The molecule has 0 spiro atoms. The smallest absolute Gasteiger partial charge is 0.225 e. The van der Waals surface area contributed by atoms with Crippen LogP contribution in [0.25, 0.3) is 11.0 Å². The van der Waals surface area contributed by atoms with Crippen LogP contribution >= 0.6 is 23.4 Å². The summed E-state index contributed by atoms with van der Waals surface area (Å²) < 4.78 is 10.6. The lowest BCUT2D eigenvalue weighted by Crippen LogP contribution is -2.38. The number of fused-ring (bicyclic) bond motifs is 1. The zero-order valence-corrected chi connectivity index (χ0v) is 18.1. The number of ether oxygens (including phenoxy) is 2. The second-order valence-electron chi connectivity index (χ2n) is 6.55. The molecular weight excluding hydrogens is 428 g/mol. The van der Waals surface area contributed by atoms with E-state index in [0.717, 1.165) is 17.9 Å². The van der Waals surface area contributed by atoms with Gasteiger partial charge in [0, 0.05) is 18.8 Å². The van der Waals surface area contributed by atoms with Gasteiger partial charge in [-0.15, -0.1) is 11.8 Å². The Morgan fingerprint density at radius 2 is 2.03 bits per heavy atom. The zero-order chi connectivity index (χ0) is 21.1. The standard InChI is InChI=1S/C19H21ClN6O3S/c1-28-12-4-3-11(7-13(12)29-2)8-21-17-15-16(22-10-23-17)18(25-19(20)24-15)26-5-6-30-14(27)9-26/h3-4,7,10,14,27H,5-6,8-9H2,1-2H3,(H,21,22,23). The predicted molar refractivity (Wildman–Crippen MR) is 118 cm³/mol. The van der Waals surface area contributed by atoms with Gasteiger partial charge in [-0.05, 0) is 29.3 Å². The summed E-state index contributed by atoms with van der Waals surface area (Å²) in [7, 11) is 3.20. The maximum atomic E-state index is 10.0. The monoisotopic (exact) mass is 448 g/mol. The van der Waals surface area contributed by atoms with Gasteiger partial charge >= 0.3 is 0 Å². The lowest BCUT2D eigenvalue weighted by Gasteiger charge is -2.31. The largest absolute Gasteiger partial charge is 0.493 e. The van der Waals surface area contributed by atoms with E-state index in [2.05, 4.69) is 25.3 Å². The van der Waals surface area contributed by atoms with Crippen molar-refractivity contribution in [3.8, 4) is 11.5 Å². The average molecular weight is 449 g/mol. The van der Waals surface area contributed by atoms with Crippen LogP contribution in [0.4, 0.5) is 11.6 Å². The van der Waals surface area contributed by atoms with Gasteiger partial charge in [-0.3, -0.25) is 0 Å². The first kappa shape index (κ1) is 20.7. The Labute approximate surface area is 182 Å². The van der Waals surface area contributed by atoms with E-state index in [-0.39, 0.29) is 5.28 Å². The van der Waals surface area contributed by atoms with Gasteiger partial charge in [0.15, 0.2) is 23.1 Å². The first-order valence-electron chi connectivity index (χ1n) is 9.26. The first-order chi connectivity index (χ1) is 14.6. The normalized spacial score (nSPS) is 16.5. The van der Waals surface area contributed by atoms with Gasteiger partial charge in [-0.1, -0.05) is 6.07 Å². The van der Waals surface area contributed by atoms with Crippen LogP contribution in [0, 0.1) is 0 Å². The van der Waals surface area contributed by atoms with Crippen molar-refractivity contribution in [2.75, 3.05) is 43.3 Å². The topological polar surface area (TPSA) is 106 Å². The van der Waals surface area contributed by atoms with Crippen molar-refractivity contribution in [3.63, 3.8) is 0 Å². The average Bonchev–Trinajstić information content (AvgIpc) is 2.77. The number of methoxy groups -OCH3 is 2. The van der Waals surface area contributed by atoms with E-state index in [0.29, 0.717) is 47.3 Å². The second kappa shape index (κ2) is 9.07. The number of halogens is 1. The number of benzene rings is 1. The number of aliphatic hydroxyl groups excluding tert-OH is 1. The molecule has 1 saturated heterocycles. The summed E-state index contributed by atoms with van der Waals surface area (Å²) in [6.07, 6.45) is 1.47. The number of hydrogen-bond acceptors (Lipinski definition) is 10. The molecule has 2 N–H and O–H groups in total. The Morgan fingerprint density at radius 1 is 1.20 bits per heavy atom. The molecule has 2 aromatic heterocycles. The molecule has 1 aliphatic rings. The number of rotatable bonds is 6. The van der Waals surface area contributed by atoms with Crippen LogP contribution in [0.15, 0.2) is 24.5 Å². The minimum atomic E-state index is -0.480. The van der Waals surface area contributed by atoms with E-state index in [4.69, 9.17) is 21.1 Å². The Balaban J connectivity index is 1.64. The highest BCUT2D eigenvalue weighted by Gasteiger charge is 2.23. The van der Waals surface area contributed by atoms with E-state index in [1.807, 2.05) is 23.1 Å². The van der Waals surface area contributed by atoms with Crippen molar-refractivity contribution in [1.29, 1.82) is 0 Å². The molecule has 1 aromatic carbocycles. The Bertz CT molecular complexity index is 1060. The molecule has 3 aromatic rings. The molecule has 0 aliphatic carbocycles. The molecule has 9 nitrogen and oxygen atoms in total. The van der Waals surface area contributed by atoms with E-state index in [9.17, 15) is 5.11 Å². The van der Waals surface area contributed by atoms with E-state index in [1.165, 1.54) is 18.1 Å². The van der Waals surface area contributed by atoms with Crippen molar-refractivity contribution in [1.82, 2.24) is 19.9 Å².